The summed E-state index contributed by atoms with van der Waals surface area (Å²) in [5, 5.41) is 10.9. The number of likely N-dealkylation sites (tertiary alicyclic amines) is 1. The number of hydrogen-bond donors (Lipinski definition) is 0. The Bertz CT molecular complexity index is 754. The molecule has 1 unspecified atom stereocenters. The fourth-order valence-corrected chi connectivity index (χ4v) is 3.21. The third-order valence-corrected chi connectivity index (χ3v) is 4.49. The van der Waals surface area contributed by atoms with Gasteiger partial charge in [-0.3, -0.25) is 14.9 Å². The van der Waals surface area contributed by atoms with E-state index in [1.807, 2.05) is 0 Å². The van der Waals surface area contributed by atoms with Crippen LogP contribution in [0.25, 0.3) is 0 Å². The van der Waals surface area contributed by atoms with E-state index >= 15 is 0 Å². The molecule has 0 aliphatic carbocycles. The van der Waals surface area contributed by atoms with Crippen LogP contribution in [0.2, 0.25) is 0 Å². The van der Waals surface area contributed by atoms with Gasteiger partial charge in [0.25, 0.3) is 5.69 Å². The first-order valence-electron chi connectivity index (χ1n) is 8.05. The Kier molecular flexibility index (Phi) is 3.93. The Labute approximate surface area is 144 Å². The van der Waals surface area contributed by atoms with Crippen LogP contribution in [0.4, 0.5) is 10.5 Å². The molecule has 0 saturated carbocycles. The first kappa shape index (κ1) is 17.2. The molecule has 8 nitrogen and oxygen atoms in total. The third kappa shape index (κ3) is 3.04. The lowest BCUT2D eigenvalue weighted by molar-refractivity contribution is -0.384. The molecule has 1 saturated heterocycles. The van der Waals surface area contributed by atoms with E-state index in [4.69, 9.17) is 9.47 Å². The minimum atomic E-state index is -0.844. The second-order valence-electron chi connectivity index (χ2n) is 7.38. The maximum atomic E-state index is 12.8. The van der Waals surface area contributed by atoms with E-state index in [2.05, 4.69) is 0 Å². The fourth-order valence-electron chi connectivity index (χ4n) is 3.21. The number of carbonyl (C=O) groups excluding carboxylic acids is 2. The van der Waals surface area contributed by atoms with E-state index in [1.54, 1.807) is 26.8 Å². The molecule has 2 aliphatic heterocycles. The lowest BCUT2D eigenvalue weighted by Crippen LogP contribution is -2.54. The number of ketones is 1. The minimum Gasteiger partial charge on any atom is -0.492 e. The SMILES string of the molecule is CC(C)(C)OC(=O)N1CCC2(COc3cc([N+](=O)[O-])ccc32)C(=O)C1. The summed E-state index contributed by atoms with van der Waals surface area (Å²) in [6, 6.07) is 4.31. The number of non-ortho nitro benzene ring substituents is 1. The number of hydrogen-bond acceptors (Lipinski definition) is 6. The fraction of sp³-hybridized carbons (Fsp3) is 0.529. The Morgan fingerprint density at radius 3 is 2.72 bits per heavy atom. The molecule has 25 heavy (non-hydrogen) atoms. The molecule has 134 valence electrons. The molecule has 1 fully saturated rings. The Balaban J connectivity index is 1.80. The van der Waals surface area contributed by atoms with Crippen molar-refractivity contribution >= 4 is 17.6 Å². The van der Waals surface area contributed by atoms with Crippen molar-refractivity contribution < 1.29 is 24.0 Å². The number of nitrogens with zero attached hydrogens (tertiary/aromatic N) is 2. The van der Waals surface area contributed by atoms with Crippen LogP contribution in [-0.2, 0) is 14.9 Å². The standard InChI is InChI=1S/C17H20N2O6/c1-16(2,3)25-15(21)18-7-6-17(14(20)9-18)10-24-13-8-11(19(22)23)4-5-12(13)17/h4-5,8H,6-7,9-10H2,1-3H3. The summed E-state index contributed by atoms with van der Waals surface area (Å²) in [6.07, 6.45) is -0.117. The molecule has 3 rings (SSSR count). The topological polar surface area (TPSA) is 99.0 Å². The van der Waals surface area contributed by atoms with Crippen LogP contribution >= 0.6 is 0 Å². The number of rotatable bonds is 1. The first-order valence-corrected chi connectivity index (χ1v) is 8.05. The highest BCUT2D eigenvalue weighted by Crippen LogP contribution is 2.45. The number of ether oxygens (including phenoxy) is 2. The zero-order valence-corrected chi connectivity index (χ0v) is 14.4. The van der Waals surface area contributed by atoms with Crippen molar-refractivity contribution in [1.82, 2.24) is 4.90 Å². The van der Waals surface area contributed by atoms with Gasteiger partial charge in [0.1, 0.15) is 18.0 Å². The van der Waals surface area contributed by atoms with Crippen molar-refractivity contribution in [3.63, 3.8) is 0 Å². The predicted octanol–water partition coefficient (Wildman–Crippen LogP) is 2.43. The highest BCUT2D eigenvalue weighted by atomic mass is 16.6. The molecule has 0 bridgehead atoms. The van der Waals surface area contributed by atoms with Gasteiger partial charge in [0.15, 0.2) is 5.78 Å². The molecule has 8 heteroatoms. The molecular formula is C17H20N2O6. The maximum absolute atomic E-state index is 12.8. The second-order valence-corrected chi connectivity index (χ2v) is 7.38. The largest absolute Gasteiger partial charge is 0.492 e. The van der Waals surface area contributed by atoms with Crippen LogP contribution in [0.1, 0.15) is 32.8 Å². The number of fused-ring (bicyclic) bond motifs is 2. The summed E-state index contributed by atoms with van der Waals surface area (Å²) in [5.74, 6) is 0.227. The van der Waals surface area contributed by atoms with Crippen molar-refractivity contribution in [2.75, 3.05) is 19.7 Å². The van der Waals surface area contributed by atoms with Gasteiger partial charge in [0.2, 0.25) is 0 Å². The van der Waals surface area contributed by atoms with Crippen LogP contribution in [0, 0.1) is 10.1 Å². The molecule has 1 atom stereocenters. The first-order chi connectivity index (χ1) is 11.6. The Morgan fingerprint density at radius 1 is 1.40 bits per heavy atom. The van der Waals surface area contributed by atoms with Gasteiger partial charge in [-0.2, -0.15) is 0 Å². The average molecular weight is 348 g/mol. The average Bonchev–Trinajstić information content (AvgIpc) is 2.87. The van der Waals surface area contributed by atoms with E-state index in [1.165, 1.54) is 17.0 Å². The summed E-state index contributed by atoms with van der Waals surface area (Å²) in [4.78, 5) is 36.8. The number of Topliss-reactive ketones (excluding diaryl/α,β-unsaturated/α-hetero) is 1. The van der Waals surface area contributed by atoms with Crippen LogP contribution in [0.3, 0.4) is 0 Å². The zero-order chi connectivity index (χ0) is 18.4. The number of benzene rings is 1. The molecular weight excluding hydrogens is 328 g/mol. The van der Waals surface area contributed by atoms with Gasteiger partial charge < -0.3 is 14.4 Å². The minimum absolute atomic E-state index is 0.0608. The van der Waals surface area contributed by atoms with E-state index in [0.29, 0.717) is 24.3 Å². The molecule has 0 aromatic heterocycles. The normalized spacial score (nSPS) is 22.5. The Hall–Kier alpha value is -2.64. The molecule has 1 aromatic rings. The van der Waals surface area contributed by atoms with Gasteiger partial charge in [0.05, 0.1) is 22.9 Å². The lowest BCUT2D eigenvalue weighted by Gasteiger charge is -2.37. The van der Waals surface area contributed by atoms with Crippen LogP contribution in [-0.4, -0.2) is 47.0 Å². The van der Waals surface area contributed by atoms with Gasteiger partial charge in [-0.25, -0.2) is 4.79 Å². The quantitative estimate of drug-likeness (QED) is 0.571. The summed E-state index contributed by atoms with van der Waals surface area (Å²) in [7, 11) is 0. The van der Waals surface area contributed by atoms with E-state index in [-0.39, 0.29) is 24.6 Å². The molecule has 1 spiro atoms. The Morgan fingerprint density at radius 2 is 2.12 bits per heavy atom. The summed E-state index contributed by atoms with van der Waals surface area (Å²) >= 11 is 0. The van der Waals surface area contributed by atoms with E-state index in [0.717, 1.165) is 0 Å². The van der Waals surface area contributed by atoms with Gasteiger partial charge in [-0.15, -0.1) is 0 Å². The van der Waals surface area contributed by atoms with Crippen LogP contribution in [0.15, 0.2) is 18.2 Å². The van der Waals surface area contributed by atoms with Crippen LogP contribution < -0.4 is 4.74 Å². The summed E-state index contributed by atoms with van der Waals surface area (Å²) in [6.45, 7) is 5.75. The molecule has 1 amide bonds. The molecule has 0 radical (unpaired) electrons. The zero-order valence-electron chi connectivity index (χ0n) is 14.4. The van der Waals surface area contributed by atoms with Crippen molar-refractivity contribution in [1.29, 1.82) is 0 Å². The van der Waals surface area contributed by atoms with Gasteiger partial charge >= 0.3 is 6.09 Å². The van der Waals surface area contributed by atoms with Gasteiger partial charge in [0, 0.05) is 18.2 Å². The molecule has 1 aromatic carbocycles. The van der Waals surface area contributed by atoms with Gasteiger partial charge in [-0.05, 0) is 33.3 Å². The van der Waals surface area contributed by atoms with E-state index in [9.17, 15) is 19.7 Å². The maximum Gasteiger partial charge on any atom is 0.410 e. The van der Waals surface area contributed by atoms with Crippen molar-refractivity contribution in [2.45, 2.75) is 38.2 Å². The molecule has 0 N–H and O–H groups in total. The molecule has 2 aliphatic rings. The molecule has 2 heterocycles. The monoisotopic (exact) mass is 348 g/mol. The highest BCUT2D eigenvalue weighted by Gasteiger charge is 2.50. The number of piperidine rings is 1. The second kappa shape index (κ2) is 5.72. The summed E-state index contributed by atoms with van der Waals surface area (Å²) < 4.78 is 10.9. The van der Waals surface area contributed by atoms with Gasteiger partial charge in [-0.1, -0.05) is 0 Å². The summed E-state index contributed by atoms with van der Waals surface area (Å²) in [5.41, 5.74) is -0.887. The number of amides is 1. The predicted molar refractivity (Wildman–Crippen MR) is 87.7 cm³/mol. The van der Waals surface area contributed by atoms with E-state index < -0.39 is 22.0 Å². The third-order valence-electron chi connectivity index (χ3n) is 4.49. The van der Waals surface area contributed by atoms with Crippen LogP contribution in [0.5, 0.6) is 5.75 Å². The van der Waals surface area contributed by atoms with Crippen molar-refractivity contribution in [3.05, 3.63) is 33.9 Å². The lowest BCUT2D eigenvalue weighted by atomic mass is 9.73. The highest BCUT2D eigenvalue weighted by molar-refractivity contribution is 5.96. The van der Waals surface area contributed by atoms with Crippen molar-refractivity contribution in [3.8, 4) is 5.75 Å². The smallest absolute Gasteiger partial charge is 0.410 e. The number of nitro groups is 1. The van der Waals surface area contributed by atoms with Crippen molar-refractivity contribution in [2.24, 2.45) is 0 Å². The number of nitro benzene ring substituents is 1. The number of carbonyl (C=O) groups is 2.